The molecule has 0 heterocycles. The van der Waals surface area contributed by atoms with Crippen LogP contribution in [-0.4, -0.2) is 14.2 Å². The molecule has 0 fully saturated rings. The minimum Gasteiger partial charge on any atom is -0.496 e. The van der Waals surface area contributed by atoms with E-state index < -0.39 is 0 Å². The van der Waals surface area contributed by atoms with Gasteiger partial charge in [0.25, 0.3) is 0 Å². The third kappa shape index (κ3) is 2.89. The van der Waals surface area contributed by atoms with Crippen LogP contribution < -0.4 is 15.2 Å². The maximum atomic E-state index is 6.10. The van der Waals surface area contributed by atoms with E-state index in [9.17, 15) is 0 Å². The summed E-state index contributed by atoms with van der Waals surface area (Å²) in [6, 6.07) is 3.81. The molecule has 0 aliphatic carbocycles. The van der Waals surface area contributed by atoms with Crippen molar-refractivity contribution >= 4 is 15.9 Å². The number of rotatable bonds is 5. The van der Waals surface area contributed by atoms with Gasteiger partial charge in [0.1, 0.15) is 11.5 Å². The van der Waals surface area contributed by atoms with E-state index in [1.165, 1.54) is 0 Å². The standard InChI is InChI=1S/C12H18BrNO2/c1-4-5-10(14)8-6-12(16-3)9(13)7-11(8)15-2/h6-7,10H,4-5,14H2,1-3H3/t10-/m1/s1. The lowest BCUT2D eigenvalue weighted by molar-refractivity contribution is 0.392. The third-order valence-corrected chi connectivity index (χ3v) is 3.12. The van der Waals surface area contributed by atoms with Gasteiger partial charge in [-0.1, -0.05) is 13.3 Å². The molecule has 0 amide bonds. The second-order valence-corrected chi connectivity index (χ2v) is 4.48. The molecule has 0 aromatic heterocycles. The van der Waals surface area contributed by atoms with E-state index in [2.05, 4.69) is 22.9 Å². The van der Waals surface area contributed by atoms with Crippen molar-refractivity contribution in [2.24, 2.45) is 5.73 Å². The van der Waals surface area contributed by atoms with Gasteiger partial charge in [-0.15, -0.1) is 0 Å². The molecule has 0 radical (unpaired) electrons. The molecule has 0 spiro atoms. The lowest BCUT2D eigenvalue weighted by Crippen LogP contribution is -2.11. The van der Waals surface area contributed by atoms with E-state index in [4.69, 9.17) is 15.2 Å². The Morgan fingerprint density at radius 2 is 1.88 bits per heavy atom. The number of ether oxygens (including phenoxy) is 2. The lowest BCUT2D eigenvalue weighted by Gasteiger charge is -2.17. The van der Waals surface area contributed by atoms with E-state index in [0.717, 1.165) is 34.4 Å². The zero-order valence-electron chi connectivity index (χ0n) is 9.92. The average molecular weight is 288 g/mol. The number of nitrogens with two attached hydrogens (primary N) is 1. The highest BCUT2D eigenvalue weighted by Gasteiger charge is 2.14. The van der Waals surface area contributed by atoms with Gasteiger partial charge in [-0.25, -0.2) is 0 Å². The van der Waals surface area contributed by atoms with Crippen molar-refractivity contribution in [2.75, 3.05) is 14.2 Å². The first-order chi connectivity index (χ1) is 7.63. The summed E-state index contributed by atoms with van der Waals surface area (Å²) in [4.78, 5) is 0. The van der Waals surface area contributed by atoms with Crippen LogP contribution in [0.25, 0.3) is 0 Å². The normalized spacial score (nSPS) is 12.3. The first kappa shape index (κ1) is 13.3. The Kier molecular flexibility index (Phi) is 5.09. The smallest absolute Gasteiger partial charge is 0.133 e. The highest BCUT2D eigenvalue weighted by Crippen LogP contribution is 2.36. The van der Waals surface area contributed by atoms with Crippen LogP contribution in [0, 0.1) is 0 Å². The molecule has 0 aliphatic heterocycles. The molecule has 1 atom stereocenters. The van der Waals surface area contributed by atoms with Gasteiger partial charge in [-0.2, -0.15) is 0 Å². The quantitative estimate of drug-likeness (QED) is 0.904. The molecule has 1 rings (SSSR count). The van der Waals surface area contributed by atoms with E-state index >= 15 is 0 Å². The Labute approximate surface area is 105 Å². The first-order valence-corrected chi connectivity index (χ1v) is 6.10. The molecule has 0 bridgehead atoms. The van der Waals surface area contributed by atoms with Crippen molar-refractivity contribution in [3.63, 3.8) is 0 Å². The summed E-state index contributed by atoms with van der Waals surface area (Å²) in [7, 11) is 3.29. The average Bonchev–Trinajstić information content (AvgIpc) is 2.28. The molecule has 2 N–H and O–H groups in total. The van der Waals surface area contributed by atoms with Crippen LogP contribution in [0.5, 0.6) is 11.5 Å². The van der Waals surface area contributed by atoms with E-state index in [-0.39, 0.29) is 6.04 Å². The van der Waals surface area contributed by atoms with Crippen LogP contribution in [0.15, 0.2) is 16.6 Å². The van der Waals surface area contributed by atoms with Crippen LogP contribution in [0.4, 0.5) is 0 Å². The van der Waals surface area contributed by atoms with Gasteiger partial charge in [0, 0.05) is 11.6 Å². The summed E-state index contributed by atoms with van der Waals surface area (Å²) < 4.78 is 11.5. The summed E-state index contributed by atoms with van der Waals surface area (Å²) in [5.74, 6) is 1.58. The Bertz CT molecular complexity index is 355. The summed E-state index contributed by atoms with van der Waals surface area (Å²) in [5, 5.41) is 0. The van der Waals surface area contributed by atoms with Crippen LogP contribution in [-0.2, 0) is 0 Å². The minimum atomic E-state index is -0.0121. The maximum absolute atomic E-state index is 6.10. The van der Waals surface area contributed by atoms with Crippen LogP contribution in [0.1, 0.15) is 31.4 Å². The molecule has 3 nitrogen and oxygen atoms in total. The van der Waals surface area contributed by atoms with Crippen molar-refractivity contribution in [1.29, 1.82) is 0 Å². The molecule has 0 aliphatic rings. The highest BCUT2D eigenvalue weighted by atomic mass is 79.9. The van der Waals surface area contributed by atoms with Crippen LogP contribution in [0.3, 0.4) is 0 Å². The highest BCUT2D eigenvalue weighted by molar-refractivity contribution is 9.10. The summed E-state index contributed by atoms with van der Waals surface area (Å²) >= 11 is 3.42. The first-order valence-electron chi connectivity index (χ1n) is 5.31. The largest absolute Gasteiger partial charge is 0.496 e. The number of hydrogen-bond acceptors (Lipinski definition) is 3. The topological polar surface area (TPSA) is 44.5 Å². The Balaban J connectivity index is 3.13. The summed E-state index contributed by atoms with van der Waals surface area (Å²) in [6.45, 7) is 2.11. The number of hydrogen-bond donors (Lipinski definition) is 1. The van der Waals surface area contributed by atoms with Gasteiger partial charge < -0.3 is 15.2 Å². The molecular formula is C12H18BrNO2. The lowest BCUT2D eigenvalue weighted by atomic mass is 10.0. The van der Waals surface area contributed by atoms with Crippen LogP contribution >= 0.6 is 15.9 Å². The van der Waals surface area contributed by atoms with Crippen molar-refractivity contribution in [1.82, 2.24) is 0 Å². The van der Waals surface area contributed by atoms with Gasteiger partial charge in [0.15, 0.2) is 0 Å². The molecule has 1 aromatic rings. The third-order valence-electron chi connectivity index (χ3n) is 2.50. The number of halogens is 1. The zero-order valence-corrected chi connectivity index (χ0v) is 11.5. The Morgan fingerprint density at radius 3 is 2.38 bits per heavy atom. The fraction of sp³-hybridized carbons (Fsp3) is 0.500. The van der Waals surface area contributed by atoms with Gasteiger partial charge in [0.2, 0.25) is 0 Å². The number of benzene rings is 1. The fourth-order valence-corrected chi connectivity index (χ4v) is 2.12. The summed E-state index contributed by atoms with van der Waals surface area (Å²) in [5.41, 5.74) is 7.09. The van der Waals surface area contributed by atoms with Crippen molar-refractivity contribution in [3.8, 4) is 11.5 Å². The van der Waals surface area contributed by atoms with Gasteiger partial charge in [-0.05, 0) is 34.5 Å². The van der Waals surface area contributed by atoms with E-state index in [1.807, 2.05) is 12.1 Å². The van der Waals surface area contributed by atoms with Crippen molar-refractivity contribution in [2.45, 2.75) is 25.8 Å². The molecular weight excluding hydrogens is 270 g/mol. The molecule has 16 heavy (non-hydrogen) atoms. The van der Waals surface area contributed by atoms with Gasteiger partial charge in [0.05, 0.1) is 18.7 Å². The monoisotopic (exact) mass is 287 g/mol. The minimum absolute atomic E-state index is 0.0121. The van der Waals surface area contributed by atoms with E-state index in [1.54, 1.807) is 14.2 Å². The molecule has 90 valence electrons. The molecule has 0 unspecified atom stereocenters. The molecule has 4 heteroatoms. The maximum Gasteiger partial charge on any atom is 0.133 e. The molecule has 0 saturated heterocycles. The van der Waals surface area contributed by atoms with Crippen molar-refractivity contribution < 1.29 is 9.47 Å². The fourth-order valence-electron chi connectivity index (χ4n) is 1.64. The second-order valence-electron chi connectivity index (χ2n) is 3.62. The zero-order chi connectivity index (χ0) is 12.1. The van der Waals surface area contributed by atoms with Gasteiger partial charge >= 0.3 is 0 Å². The second kappa shape index (κ2) is 6.11. The number of methoxy groups -OCH3 is 2. The predicted octanol–water partition coefficient (Wildman–Crippen LogP) is 3.27. The Morgan fingerprint density at radius 1 is 1.25 bits per heavy atom. The van der Waals surface area contributed by atoms with Crippen molar-refractivity contribution in [3.05, 3.63) is 22.2 Å². The molecule has 0 saturated carbocycles. The summed E-state index contributed by atoms with van der Waals surface area (Å²) in [6.07, 6.45) is 1.98. The Hall–Kier alpha value is -0.740. The van der Waals surface area contributed by atoms with Crippen LogP contribution in [0.2, 0.25) is 0 Å². The molecule has 1 aromatic carbocycles. The van der Waals surface area contributed by atoms with E-state index in [0.29, 0.717) is 0 Å². The van der Waals surface area contributed by atoms with Gasteiger partial charge in [-0.3, -0.25) is 0 Å². The SMILES string of the molecule is CCC[C@@H](N)c1cc(OC)c(Br)cc1OC. The predicted molar refractivity (Wildman–Crippen MR) is 69.1 cm³/mol.